The predicted octanol–water partition coefficient (Wildman–Crippen LogP) is 5.97. The van der Waals surface area contributed by atoms with Crippen molar-refractivity contribution in [2.75, 3.05) is 0 Å². The highest BCUT2D eigenvalue weighted by Crippen LogP contribution is 2.07. The van der Waals surface area contributed by atoms with E-state index in [1.807, 2.05) is 33.8 Å². The van der Waals surface area contributed by atoms with Crippen LogP contribution in [0.4, 0.5) is 4.79 Å². The van der Waals surface area contributed by atoms with Crippen molar-refractivity contribution >= 4 is 6.09 Å². The molecule has 0 aromatic heterocycles. The van der Waals surface area contributed by atoms with Crippen LogP contribution >= 0.6 is 0 Å². The second-order valence-electron chi connectivity index (χ2n) is 6.25. The topological polar surface area (TPSA) is 38.3 Å². The Balaban J connectivity index is 0. The van der Waals surface area contributed by atoms with E-state index < -0.39 is 11.7 Å². The normalized spacial score (nSPS) is 10.8. The Bertz CT molecular complexity index is 299. The zero-order valence-corrected chi connectivity index (χ0v) is 14.9. The van der Waals surface area contributed by atoms with Crippen molar-refractivity contribution in [3.8, 4) is 0 Å². The molecular weight excluding hydrogens is 262 g/mol. The molecule has 0 aliphatic heterocycles. The molecule has 0 rings (SSSR count). The van der Waals surface area contributed by atoms with Crippen molar-refractivity contribution in [1.29, 1.82) is 0 Å². The Morgan fingerprint density at radius 1 is 1.19 bits per heavy atom. The lowest BCUT2D eigenvalue weighted by atomic mass is 10.1. The van der Waals surface area contributed by atoms with Gasteiger partial charge in [0, 0.05) is 6.20 Å². The van der Waals surface area contributed by atoms with Crippen molar-refractivity contribution in [3.63, 3.8) is 0 Å². The van der Waals surface area contributed by atoms with Gasteiger partial charge in [0.15, 0.2) is 0 Å². The van der Waals surface area contributed by atoms with Gasteiger partial charge in [-0.1, -0.05) is 38.3 Å². The van der Waals surface area contributed by atoms with Crippen LogP contribution in [0.1, 0.15) is 80.1 Å². The van der Waals surface area contributed by atoms with Gasteiger partial charge >= 0.3 is 6.09 Å². The molecule has 3 heteroatoms. The smallest absolute Gasteiger partial charge is 0.411 e. The van der Waals surface area contributed by atoms with E-state index in [0.29, 0.717) is 0 Å². The number of carbonyl (C=O) groups excluding carboxylic acids is 1. The van der Waals surface area contributed by atoms with Crippen LogP contribution in [-0.4, -0.2) is 11.7 Å². The quantitative estimate of drug-likeness (QED) is 0.464. The second-order valence-corrected chi connectivity index (χ2v) is 6.25. The van der Waals surface area contributed by atoms with E-state index in [-0.39, 0.29) is 0 Å². The average molecular weight is 297 g/mol. The molecule has 0 saturated heterocycles. The Kier molecular flexibility index (Phi) is 14.4. The number of ether oxygens (including phenoxy) is 1. The number of hydrogen-bond acceptors (Lipinski definition) is 2. The average Bonchev–Trinajstić information content (AvgIpc) is 2.35. The minimum Gasteiger partial charge on any atom is -0.444 e. The van der Waals surface area contributed by atoms with Crippen LogP contribution in [0.5, 0.6) is 0 Å². The number of nitrogens with one attached hydrogen (secondary N) is 1. The number of unbranched alkanes of at least 4 members (excludes halogenated alkanes) is 3. The molecule has 124 valence electrons. The van der Waals surface area contributed by atoms with Crippen molar-refractivity contribution in [3.05, 3.63) is 24.4 Å². The van der Waals surface area contributed by atoms with Crippen LogP contribution in [0.2, 0.25) is 0 Å². The van der Waals surface area contributed by atoms with Gasteiger partial charge < -0.3 is 4.74 Å². The van der Waals surface area contributed by atoms with Gasteiger partial charge in [-0.25, -0.2) is 4.79 Å². The van der Waals surface area contributed by atoms with Gasteiger partial charge in [-0.15, -0.1) is 6.58 Å². The molecule has 1 N–H and O–H groups in total. The first-order valence-electron chi connectivity index (χ1n) is 8.01. The van der Waals surface area contributed by atoms with E-state index in [2.05, 4.69) is 25.7 Å². The third-order valence-corrected chi connectivity index (χ3v) is 2.44. The van der Waals surface area contributed by atoms with Crippen molar-refractivity contribution in [2.24, 2.45) is 0 Å². The number of amides is 1. The van der Waals surface area contributed by atoms with Gasteiger partial charge in [-0.2, -0.15) is 0 Å². The molecular formula is C18H35NO2. The highest BCUT2D eigenvalue weighted by Gasteiger charge is 2.14. The maximum absolute atomic E-state index is 11.2. The maximum atomic E-state index is 11.2. The summed E-state index contributed by atoms with van der Waals surface area (Å²) in [6.07, 6.45) is 10.1. The fourth-order valence-electron chi connectivity index (χ4n) is 1.21. The molecule has 0 bridgehead atoms. The van der Waals surface area contributed by atoms with E-state index in [9.17, 15) is 4.79 Å². The summed E-state index contributed by atoms with van der Waals surface area (Å²) < 4.78 is 5.08. The number of alkyl carbamates (subject to hydrolysis) is 1. The van der Waals surface area contributed by atoms with Gasteiger partial charge in [0.25, 0.3) is 0 Å². The lowest BCUT2D eigenvalue weighted by Gasteiger charge is -2.18. The minimum atomic E-state index is -0.445. The van der Waals surface area contributed by atoms with Crippen LogP contribution < -0.4 is 5.32 Å². The largest absolute Gasteiger partial charge is 0.444 e. The second kappa shape index (κ2) is 13.7. The molecule has 0 atom stereocenters. The highest BCUT2D eigenvalue weighted by molar-refractivity contribution is 5.68. The molecule has 21 heavy (non-hydrogen) atoms. The molecule has 0 aliphatic carbocycles. The molecule has 3 nitrogen and oxygen atoms in total. The summed E-state index contributed by atoms with van der Waals surface area (Å²) in [5.74, 6) is 0. The Morgan fingerprint density at radius 2 is 1.76 bits per heavy atom. The minimum absolute atomic E-state index is 0.407. The first-order chi connectivity index (χ1) is 9.72. The summed E-state index contributed by atoms with van der Waals surface area (Å²) in [5, 5.41) is 2.58. The summed E-state index contributed by atoms with van der Waals surface area (Å²) in [6.45, 7) is 15.8. The molecule has 0 unspecified atom stereocenters. The fraction of sp³-hybridized carbons (Fsp3) is 0.722. The number of carbonyl (C=O) groups is 1. The van der Waals surface area contributed by atoms with Gasteiger partial charge in [-0.05, 0) is 53.4 Å². The molecule has 0 aromatic carbocycles. The monoisotopic (exact) mass is 297 g/mol. The van der Waals surface area contributed by atoms with Gasteiger partial charge in [0.05, 0.1) is 0 Å². The van der Waals surface area contributed by atoms with E-state index in [1.54, 1.807) is 6.20 Å². The fourth-order valence-corrected chi connectivity index (χ4v) is 1.21. The molecule has 0 saturated carbocycles. The van der Waals surface area contributed by atoms with Crippen molar-refractivity contribution in [1.82, 2.24) is 5.32 Å². The summed E-state index contributed by atoms with van der Waals surface area (Å²) in [6, 6.07) is 0. The lowest BCUT2D eigenvalue weighted by molar-refractivity contribution is 0.0552. The maximum Gasteiger partial charge on any atom is 0.411 e. The molecule has 0 heterocycles. The molecule has 0 radical (unpaired) electrons. The molecule has 0 fully saturated rings. The Hall–Kier alpha value is -1.25. The van der Waals surface area contributed by atoms with E-state index in [0.717, 1.165) is 25.7 Å². The SMILES string of the molecule is C=C(C)CCCC/C=C/NC(=O)OC(C)(C)C.CCCC. The zero-order chi connectivity index (χ0) is 16.7. The Labute approximate surface area is 131 Å². The lowest BCUT2D eigenvalue weighted by Crippen LogP contribution is -2.29. The van der Waals surface area contributed by atoms with Gasteiger partial charge in [0.2, 0.25) is 0 Å². The van der Waals surface area contributed by atoms with Crippen LogP contribution in [-0.2, 0) is 4.74 Å². The standard InChI is InChI=1S/C14H25NO2.C4H10/c1-12(2)10-8-6-7-9-11-15-13(16)17-14(3,4)5;1-3-4-2/h9,11H,1,6-8,10H2,2-5H3,(H,15,16);3-4H2,1-2H3/b11-9+;. The third-order valence-electron chi connectivity index (χ3n) is 2.44. The predicted molar refractivity (Wildman–Crippen MR) is 92.4 cm³/mol. The van der Waals surface area contributed by atoms with Crippen LogP contribution in [0.3, 0.4) is 0 Å². The Morgan fingerprint density at radius 3 is 2.19 bits per heavy atom. The number of allylic oxidation sites excluding steroid dienone is 2. The van der Waals surface area contributed by atoms with Crippen molar-refractivity contribution < 1.29 is 9.53 Å². The van der Waals surface area contributed by atoms with Gasteiger partial charge in [0.1, 0.15) is 5.60 Å². The van der Waals surface area contributed by atoms with E-state index in [1.165, 1.54) is 18.4 Å². The van der Waals surface area contributed by atoms with Crippen LogP contribution in [0.25, 0.3) is 0 Å². The summed E-state index contributed by atoms with van der Waals surface area (Å²) in [7, 11) is 0. The highest BCUT2D eigenvalue weighted by atomic mass is 16.6. The number of rotatable bonds is 7. The van der Waals surface area contributed by atoms with Crippen LogP contribution in [0, 0.1) is 0 Å². The molecule has 0 aromatic rings. The summed E-state index contributed by atoms with van der Waals surface area (Å²) >= 11 is 0. The molecule has 0 aliphatic rings. The van der Waals surface area contributed by atoms with Crippen molar-refractivity contribution in [2.45, 2.75) is 85.7 Å². The summed E-state index contributed by atoms with van der Waals surface area (Å²) in [5.41, 5.74) is 0.778. The molecule has 1 amide bonds. The van der Waals surface area contributed by atoms with Crippen LogP contribution in [0.15, 0.2) is 24.4 Å². The summed E-state index contributed by atoms with van der Waals surface area (Å²) in [4.78, 5) is 11.2. The van der Waals surface area contributed by atoms with E-state index in [4.69, 9.17) is 4.74 Å². The van der Waals surface area contributed by atoms with E-state index >= 15 is 0 Å². The third kappa shape index (κ3) is 24.2. The van der Waals surface area contributed by atoms with Gasteiger partial charge in [-0.3, -0.25) is 5.32 Å². The number of hydrogen-bond donors (Lipinski definition) is 1. The molecule has 0 spiro atoms. The first kappa shape index (κ1) is 22.0. The zero-order valence-electron chi connectivity index (χ0n) is 14.9. The first-order valence-corrected chi connectivity index (χ1v) is 8.01.